The van der Waals surface area contributed by atoms with Crippen LogP contribution in [0, 0.1) is 5.41 Å². The summed E-state index contributed by atoms with van der Waals surface area (Å²) >= 11 is 0. The Bertz CT molecular complexity index is 382. The van der Waals surface area contributed by atoms with Gasteiger partial charge in [0, 0.05) is 51.2 Å². The van der Waals surface area contributed by atoms with Crippen LogP contribution in [0.1, 0.15) is 20.8 Å². The minimum atomic E-state index is 0.158. The number of anilines is 1. The van der Waals surface area contributed by atoms with Crippen LogP contribution in [0.15, 0.2) is 18.5 Å². The summed E-state index contributed by atoms with van der Waals surface area (Å²) in [5, 5.41) is 0. The predicted molar refractivity (Wildman–Crippen MR) is 78.1 cm³/mol. The number of aromatic nitrogens is 2. The molecule has 0 bridgehead atoms. The van der Waals surface area contributed by atoms with Crippen molar-refractivity contribution in [3.63, 3.8) is 0 Å². The molecule has 0 radical (unpaired) electrons. The van der Waals surface area contributed by atoms with Crippen molar-refractivity contribution < 1.29 is 0 Å². The van der Waals surface area contributed by atoms with E-state index in [-0.39, 0.29) is 11.5 Å². The van der Waals surface area contributed by atoms with Gasteiger partial charge in [0.1, 0.15) is 0 Å². The number of piperazine rings is 1. The molecule has 5 nitrogen and oxygen atoms in total. The lowest BCUT2D eigenvalue weighted by Gasteiger charge is -2.40. The van der Waals surface area contributed by atoms with E-state index in [0.29, 0.717) is 0 Å². The summed E-state index contributed by atoms with van der Waals surface area (Å²) < 4.78 is 0. The van der Waals surface area contributed by atoms with Crippen molar-refractivity contribution in [3.05, 3.63) is 18.5 Å². The fourth-order valence-corrected chi connectivity index (χ4v) is 2.28. The fourth-order valence-electron chi connectivity index (χ4n) is 2.28. The molecule has 1 atom stereocenters. The van der Waals surface area contributed by atoms with Gasteiger partial charge in [0.2, 0.25) is 5.95 Å². The molecular formula is C14H25N5. The molecule has 1 unspecified atom stereocenters. The maximum absolute atomic E-state index is 6.05. The summed E-state index contributed by atoms with van der Waals surface area (Å²) in [6.07, 6.45) is 3.60. The number of rotatable bonds is 4. The molecule has 0 spiro atoms. The second kappa shape index (κ2) is 5.84. The number of nitrogens with zero attached hydrogens (tertiary/aromatic N) is 4. The first-order valence-electron chi connectivity index (χ1n) is 6.99. The second-order valence-corrected chi connectivity index (χ2v) is 6.09. The number of hydrogen-bond donors (Lipinski definition) is 1. The van der Waals surface area contributed by atoms with Crippen molar-refractivity contribution in [1.29, 1.82) is 0 Å². The fraction of sp³-hybridized carbons (Fsp3) is 0.714. The summed E-state index contributed by atoms with van der Waals surface area (Å²) in [5.74, 6) is 0.841. The molecule has 2 rings (SSSR count). The first kappa shape index (κ1) is 14.2. The van der Waals surface area contributed by atoms with Crippen LogP contribution in [0.2, 0.25) is 0 Å². The van der Waals surface area contributed by atoms with Crippen molar-refractivity contribution >= 4 is 5.95 Å². The lowest BCUT2D eigenvalue weighted by Crippen LogP contribution is -2.52. The van der Waals surface area contributed by atoms with Crippen LogP contribution >= 0.6 is 0 Å². The van der Waals surface area contributed by atoms with E-state index in [0.717, 1.165) is 38.7 Å². The molecule has 0 aliphatic carbocycles. The van der Waals surface area contributed by atoms with Crippen molar-refractivity contribution in [2.75, 3.05) is 37.6 Å². The predicted octanol–water partition coefficient (Wildman–Crippen LogP) is 0.972. The van der Waals surface area contributed by atoms with Gasteiger partial charge in [-0.2, -0.15) is 0 Å². The highest BCUT2D eigenvalue weighted by Crippen LogP contribution is 2.21. The molecule has 0 saturated carbocycles. The van der Waals surface area contributed by atoms with Crippen LogP contribution in [0.3, 0.4) is 0 Å². The molecule has 19 heavy (non-hydrogen) atoms. The van der Waals surface area contributed by atoms with E-state index in [4.69, 9.17) is 5.73 Å². The van der Waals surface area contributed by atoms with Crippen molar-refractivity contribution in [2.45, 2.75) is 26.8 Å². The molecule has 2 heterocycles. The van der Waals surface area contributed by atoms with E-state index in [9.17, 15) is 0 Å². The third-order valence-corrected chi connectivity index (χ3v) is 4.07. The molecular weight excluding hydrogens is 238 g/mol. The van der Waals surface area contributed by atoms with E-state index < -0.39 is 0 Å². The summed E-state index contributed by atoms with van der Waals surface area (Å²) in [7, 11) is 0. The van der Waals surface area contributed by atoms with Crippen LogP contribution in [-0.2, 0) is 0 Å². The van der Waals surface area contributed by atoms with Crippen molar-refractivity contribution in [3.8, 4) is 0 Å². The van der Waals surface area contributed by atoms with Gasteiger partial charge in [0.15, 0.2) is 0 Å². The molecule has 0 amide bonds. The highest BCUT2D eigenvalue weighted by molar-refractivity contribution is 5.29. The average Bonchev–Trinajstić information content (AvgIpc) is 2.40. The quantitative estimate of drug-likeness (QED) is 0.877. The van der Waals surface area contributed by atoms with Crippen molar-refractivity contribution in [1.82, 2.24) is 14.9 Å². The normalized spacial score (nSPS) is 19.5. The minimum absolute atomic E-state index is 0.158. The van der Waals surface area contributed by atoms with Gasteiger partial charge in [-0.1, -0.05) is 13.8 Å². The van der Waals surface area contributed by atoms with E-state index in [1.54, 1.807) is 12.4 Å². The Morgan fingerprint density at radius 1 is 1.21 bits per heavy atom. The van der Waals surface area contributed by atoms with Crippen LogP contribution in [0.5, 0.6) is 0 Å². The van der Waals surface area contributed by atoms with Gasteiger partial charge in [-0.25, -0.2) is 9.97 Å². The first-order valence-corrected chi connectivity index (χ1v) is 6.99. The van der Waals surface area contributed by atoms with Gasteiger partial charge in [-0.05, 0) is 18.4 Å². The van der Waals surface area contributed by atoms with Crippen LogP contribution in [-0.4, -0.2) is 53.6 Å². The molecule has 1 saturated heterocycles. The van der Waals surface area contributed by atoms with Gasteiger partial charge < -0.3 is 10.6 Å². The molecule has 1 aliphatic rings. The van der Waals surface area contributed by atoms with Gasteiger partial charge in [-0.3, -0.25) is 4.90 Å². The third-order valence-electron chi connectivity index (χ3n) is 4.07. The summed E-state index contributed by atoms with van der Waals surface area (Å²) in [5.41, 5.74) is 6.21. The topological polar surface area (TPSA) is 58.3 Å². The molecule has 1 fully saturated rings. The SMILES string of the molecule is CC(N)C(C)(C)CN1CCN(c2ncccn2)CC1. The van der Waals surface area contributed by atoms with Gasteiger partial charge in [-0.15, -0.1) is 0 Å². The third kappa shape index (κ3) is 3.64. The van der Waals surface area contributed by atoms with Gasteiger partial charge in [0.25, 0.3) is 0 Å². The Kier molecular flexibility index (Phi) is 4.37. The van der Waals surface area contributed by atoms with Gasteiger partial charge >= 0.3 is 0 Å². The number of nitrogens with two attached hydrogens (primary N) is 1. The molecule has 2 N–H and O–H groups in total. The molecule has 1 aromatic rings. The second-order valence-electron chi connectivity index (χ2n) is 6.09. The van der Waals surface area contributed by atoms with Crippen LogP contribution in [0.4, 0.5) is 5.95 Å². The smallest absolute Gasteiger partial charge is 0.225 e. The lowest BCUT2D eigenvalue weighted by molar-refractivity contribution is 0.150. The Labute approximate surface area is 115 Å². The molecule has 5 heteroatoms. The zero-order valence-electron chi connectivity index (χ0n) is 12.2. The minimum Gasteiger partial charge on any atom is -0.338 e. The first-order chi connectivity index (χ1) is 8.99. The van der Waals surface area contributed by atoms with Crippen LogP contribution in [0.25, 0.3) is 0 Å². The summed E-state index contributed by atoms with van der Waals surface area (Å²) in [6, 6.07) is 2.06. The van der Waals surface area contributed by atoms with Gasteiger partial charge in [0.05, 0.1) is 0 Å². The maximum atomic E-state index is 6.05. The standard InChI is InChI=1S/C14H25N5/c1-12(15)14(2,3)11-18-7-9-19(10-8-18)13-16-5-4-6-17-13/h4-6,12H,7-11,15H2,1-3H3. The Balaban J connectivity index is 1.86. The average molecular weight is 263 g/mol. The lowest BCUT2D eigenvalue weighted by atomic mass is 9.85. The van der Waals surface area contributed by atoms with E-state index in [2.05, 4.69) is 40.5 Å². The highest BCUT2D eigenvalue weighted by atomic mass is 15.3. The van der Waals surface area contributed by atoms with E-state index in [1.807, 2.05) is 6.07 Å². The molecule has 1 aliphatic heterocycles. The maximum Gasteiger partial charge on any atom is 0.225 e. The zero-order chi connectivity index (χ0) is 13.9. The molecule has 1 aromatic heterocycles. The Hall–Kier alpha value is -1.20. The number of hydrogen-bond acceptors (Lipinski definition) is 5. The largest absolute Gasteiger partial charge is 0.338 e. The summed E-state index contributed by atoms with van der Waals surface area (Å²) in [4.78, 5) is 13.3. The van der Waals surface area contributed by atoms with Crippen LogP contribution < -0.4 is 10.6 Å². The molecule has 106 valence electrons. The highest BCUT2D eigenvalue weighted by Gasteiger charge is 2.28. The van der Waals surface area contributed by atoms with E-state index >= 15 is 0 Å². The Morgan fingerprint density at radius 2 is 1.79 bits per heavy atom. The Morgan fingerprint density at radius 3 is 2.32 bits per heavy atom. The van der Waals surface area contributed by atoms with Crippen molar-refractivity contribution in [2.24, 2.45) is 11.1 Å². The zero-order valence-corrected chi connectivity index (χ0v) is 12.2. The van der Waals surface area contributed by atoms with E-state index in [1.165, 1.54) is 0 Å². The summed E-state index contributed by atoms with van der Waals surface area (Å²) in [6.45, 7) is 11.7. The molecule has 0 aromatic carbocycles. The monoisotopic (exact) mass is 263 g/mol.